The average molecular weight is 190 g/mol. The highest BCUT2D eigenvalue weighted by Gasteiger charge is 2.23. The summed E-state index contributed by atoms with van der Waals surface area (Å²) < 4.78 is 5.13. The summed E-state index contributed by atoms with van der Waals surface area (Å²) in [6, 6.07) is 5.71. The minimum absolute atomic E-state index is 0.177. The van der Waals surface area contributed by atoms with Crippen molar-refractivity contribution in [3.05, 3.63) is 29.3 Å². The number of carbonyl (C=O) groups is 1. The number of benzene rings is 1. The molecule has 2 heteroatoms. The van der Waals surface area contributed by atoms with Gasteiger partial charge in [-0.15, -0.1) is 0 Å². The van der Waals surface area contributed by atoms with Gasteiger partial charge in [0.1, 0.15) is 5.75 Å². The molecule has 0 saturated carbocycles. The van der Waals surface area contributed by atoms with Crippen LogP contribution in [0.1, 0.15) is 29.3 Å². The van der Waals surface area contributed by atoms with Gasteiger partial charge in [0.25, 0.3) is 0 Å². The number of Topliss-reactive ketones (excluding diaryl/α,β-unsaturated/α-hetero) is 1. The van der Waals surface area contributed by atoms with Gasteiger partial charge in [0, 0.05) is 11.5 Å². The number of carbonyl (C=O) groups excluding carboxylic acids is 1. The number of methoxy groups -OCH3 is 1. The molecule has 2 nitrogen and oxygen atoms in total. The van der Waals surface area contributed by atoms with Crippen molar-refractivity contribution in [2.24, 2.45) is 5.92 Å². The molecule has 0 aliphatic heterocycles. The topological polar surface area (TPSA) is 26.3 Å². The highest BCUT2D eigenvalue weighted by Crippen LogP contribution is 2.28. The van der Waals surface area contributed by atoms with Gasteiger partial charge in [-0.3, -0.25) is 4.79 Å². The number of ketones is 1. The lowest BCUT2D eigenvalue weighted by Crippen LogP contribution is -2.19. The summed E-state index contributed by atoms with van der Waals surface area (Å²) in [5.74, 6) is 1.29. The van der Waals surface area contributed by atoms with Gasteiger partial charge >= 0.3 is 0 Å². The number of rotatable bonds is 1. The molecule has 0 N–H and O–H groups in total. The van der Waals surface area contributed by atoms with Crippen LogP contribution >= 0.6 is 0 Å². The Kier molecular flexibility index (Phi) is 2.28. The quantitative estimate of drug-likeness (QED) is 0.680. The zero-order valence-corrected chi connectivity index (χ0v) is 8.54. The fourth-order valence-electron chi connectivity index (χ4n) is 1.91. The van der Waals surface area contributed by atoms with E-state index in [9.17, 15) is 4.79 Å². The van der Waals surface area contributed by atoms with E-state index in [1.165, 1.54) is 0 Å². The molecule has 1 aliphatic rings. The number of hydrogen-bond acceptors (Lipinski definition) is 2. The number of fused-ring (bicyclic) bond motifs is 1. The zero-order chi connectivity index (χ0) is 10.1. The Morgan fingerprint density at radius 2 is 2.21 bits per heavy atom. The van der Waals surface area contributed by atoms with Crippen LogP contribution in [0.3, 0.4) is 0 Å². The van der Waals surface area contributed by atoms with Crippen LogP contribution in [-0.2, 0) is 6.42 Å². The Labute approximate surface area is 83.9 Å². The number of hydrogen-bond donors (Lipinski definition) is 0. The van der Waals surface area contributed by atoms with Gasteiger partial charge in [0.05, 0.1) is 7.11 Å². The van der Waals surface area contributed by atoms with Gasteiger partial charge < -0.3 is 4.74 Å². The van der Waals surface area contributed by atoms with E-state index in [0.29, 0.717) is 0 Å². The van der Waals surface area contributed by atoms with E-state index < -0.39 is 0 Å². The normalized spacial score (nSPS) is 20.4. The fourth-order valence-corrected chi connectivity index (χ4v) is 1.91. The lowest BCUT2D eigenvalue weighted by Gasteiger charge is -2.20. The molecule has 2 rings (SSSR count). The van der Waals surface area contributed by atoms with Gasteiger partial charge in [-0.2, -0.15) is 0 Å². The maximum absolute atomic E-state index is 11.8. The van der Waals surface area contributed by atoms with Crippen molar-refractivity contribution < 1.29 is 9.53 Å². The van der Waals surface area contributed by atoms with Crippen LogP contribution in [0.15, 0.2) is 18.2 Å². The van der Waals surface area contributed by atoms with Crippen LogP contribution in [0, 0.1) is 5.92 Å². The second kappa shape index (κ2) is 3.45. The molecule has 14 heavy (non-hydrogen) atoms. The largest absolute Gasteiger partial charge is 0.497 e. The van der Waals surface area contributed by atoms with Gasteiger partial charge in [-0.05, 0) is 36.6 Å². The molecular formula is C12H14O2. The first-order chi connectivity index (χ1) is 6.72. The third-order valence-electron chi connectivity index (χ3n) is 2.87. The lowest BCUT2D eigenvalue weighted by atomic mass is 9.84. The minimum Gasteiger partial charge on any atom is -0.497 e. The zero-order valence-electron chi connectivity index (χ0n) is 8.54. The number of ether oxygens (including phenoxy) is 1. The molecule has 1 aromatic rings. The average Bonchev–Trinajstić information content (AvgIpc) is 2.23. The predicted octanol–water partition coefficient (Wildman–Crippen LogP) is 2.46. The predicted molar refractivity (Wildman–Crippen MR) is 54.8 cm³/mol. The lowest BCUT2D eigenvalue weighted by molar-refractivity contribution is 0.0913. The molecule has 0 bridgehead atoms. The first-order valence-electron chi connectivity index (χ1n) is 4.93. The van der Waals surface area contributed by atoms with E-state index in [1.54, 1.807) is 7.11 Å². The molecule has 74 valence electrons. The van der Waals surface area contributed by atoms with Crippen LogP contribution in [-0.4, -0.2) is 12.9 Å². The molecule has 0 fully saturated rings. The molecule has 0 unspecified atom stereocenters. The fraction of sp³-hybridized carbons (Fsp3) is 0.417. The smallest absolute Gasteiger partial charge is 0.165 e. The monoisotopic (exact) mass is 190 g/mol. The van der Waals surface area contributed by atoms with Crippen molar-refractivity contribution in [1.82, 2.24) is 0 Å². The Hall–Kier alpha value is -1.31. The SMILES string of the molecule is COc1ccc2c(c1)CC[C@@H](C)C2=O. The summed E-state index contributed by atoms with van der Waals surface area (Å²) in [5, 5.41) is 0. The first-order valence-corrected chi connectivity index (χ1v) is 4.93. The summed E-state index contributed by atoms with van der Waals surface area (Å²) in [4.78, 5) is 11.8. The summed E-state index contributed by atoms with van der Waals surface area (Å²) in [5.41, 5.74) is 2.01. The van der Waals surface area contributed by atoms with Crippen LogP contribution in [0.2, 0.25) is 0 Å². The van der Waals surface area contributed by atoms with Gasteiger partial charge in [-0.1, -0.05) is 6.92 Å². The van der Waals surface area contributed by atoms with Gasteiger partial charge in [0.2, 0.25) is 0 Å². The third-order valence-corrected chi connectivity index (χ3v) is 2.87. The molecular weight excluding hydrogens is 176 g/mol. The summed E-state index contributed by atoms with van der Waals surface area (Å²) in [7, 11) is 1.65. The van der Waals surface area contributed by atoms with Crippen molar-refractivity contribution in [3.8, 4) is 5.75 Å². The highest BCUT2D eigenvalue weighted by atomic mass is 16.5. The Balaban J connectivity index is 2.44. The summed E-state index contributed by atoms with van der Waals surface area (Å²) in [6.45, 7) is 2.00. The van der Waals surface area contributed by atoms with Crippen LogP contribution in [0.5, 0.6) is 5.75 Å². The van der Waals surface area contributed by atoms with Crippen LogP contribution in [0.4, 0.5) is 0 Å². The van der Waals surface area contributed by atoms with Crippen molar-refractivity contribution >= 4 is 5.78 Å². The van der Waals surface area contributed by atoms with E-state index in [2.05, 4.69) is 0 Å². The van der Waals surface area contributed by atoms with Crippen LogP contribution in [0.25, 0.3) is 0 Å². The van der Waals surface area contributed by atoms with Crippen LogP contribution < -0.4 is 4.74 Å². The second-order valence-electron chi connectivity index (χ2n) is 3.83. The Morgan fingerprint density at radius 1 is 1.43 bits per heavy atom. The van der Waals surface area contributed by atoms with E-state index >= 15 is 0 Å². The minimum atomic E-state index is 0.177. The maximum Gasteiger partial charge on any atom is 0.165 e. The molecule has 0 radical (unpaired) electrons. The van der Waals surface area contributed by atoms with E-state index in [4.69, 9.17) is 4.74 Å². The second-order valence-corrected chi connectivity index (χ2v) is 3.83. The molecule has 0 aromatic heterocycles. The van der Waals surface area contributed by atoms with Gasteiger partial charge in [0.15, 0.2) is 5.78 Å². The molecule has 0 amide bonds. The van der Waals surface area contributed by atoms with Crippen molar-refractivity contribution in [1.29, 1.82) is 0 Å². The summed E-state index contributed by atoms with van der Waals surface area (Å²) in [6.07, 6.45) is 1.94. The first kappa shape index (κ1) is 9.25. The Bertz CT molecular complexity index is 369. The van der Waals surface area contributed by atoms with E-state index in [-0.39, 0.29) is 11.7 Å². The third kappa shape index (κ3) is 1.41. The summed E-state index contributed by atoms with van der Waals surface area (Å²) >= 11 is 0. The van der Waals surface area contributed by atoms with Gasteiger partial charge in [-0.25, -0.2) is 0 Å². The highest BCUT2D eigenvalue weighted by molar-refractivity contribution is 6.00. The van der Waals surface area contributed by atoms with Crippen molar-refractivity contribution in [2.75, 3.05) is 7.11 Å². The molecule has 0 saturated heterocycles. The molecule has 1 aromatic carbocycles. The molecule has 0 heterocycles. The molecule has 1 atom stereocenters. The van der Waals surface area contributed by atoms with Crippen molar-refractivity contribution in [2.45, 2.75) is 19.8 Å². The van der Waals surface area contributed by atoms with E-state index in [0.717, 1.165) is 29.7 Å². The molecule has 0 spiro atoms. The van der Waals surface area contributed by atoms with Crippen molar-refractivity contribution in [3.63, 3.8) is 0 Å². The van der Waals surface area contributed by atoms with E-state index in [1.807, 2.05) is 25.1 Å². The molecule has 1 aliphatic carbocycles. The maximum atomic E-state index is 11.8. The standard InChI is InChI=1S/C12H14O2/c1-8-3-4-9-7-10(14-2)5-6-11(9)12(8)13/h5-8H,3-4H2,1-2H3/t8-/m1/s1. The Morgan fingerprint density at radius 3 is 2.93 bits per heavy atom. The number of aryl methyl sites for hydroxylation is 1.